The molecule has 5 atom stereocenters. The molecule has 0 spiro atoms. The summed E-state index contributed by atoms with van der Waals surface area (Å²) in [4.78, 5) is 2.25. The Hall–Kier alpha value is -1.62. The lowest BCUT2D eigenvalue weighted by Gasteiger charge is -2.62. The predicted octanol–water partition coefficient (Wildman–Crippen LogP) is 2.14. The molecule has 5 heterocycles. The topological polar surface area (TPSA) is 48.6 Å². The lowest BCUT2D eigenvalue weighted by Crippen LogP contribution is -2.69. The average molecular weight is 324 g/mol. The number of rotatable bonds is 1. The molecule has 2 aromatic rings. The van der Waals surface area contributed by atoms with Crippen molar-refractivity contribution in [1.82, 2.24) is 9.47 Å². The minimum atomic E-state index is -0.908. The SMILES string of the molecule is C/C=C1/CN2[C@H]3Cc4c(n(C)c5ccccc45)[C@]2(O)C[C@@H]1C3CO. The van der Waals surface area contributed by atoms with Crippen molar-refractivity contribution in [2.45, 2.75) is 31.5 Å². The Labute approximate surface area is 142 Å². The van der Waals surface area contributed by atoms with E-state index in [0.717, 1.165) is 18.7 Å². The van der Waals surface area contributed by atoms with Crippen LogP contribution in [0.1, 0.15) is 24.6 Å². The van der Waals surface area contributed by atoms with E-state index in [1.807, 2.05) is 0 Å². The zero-order valence-corrected chi connectivity index (χ0v) is 14.2. The van der Waals surface area contributed by atoms with Gasteiger partial charge in [0.2, 0.25) is 0 Å². The van der Waals surface area contributed by atoms with Crippen molar-refractivity contribution in [3.05, 3.63) is 47.2 Å². The van der Waals surface area contributed by atoms with Crippen LogP contribution < -0.4 is 0 Å². The molecule has 0 saturated carbocycles. The second kappa shape index (κ2) is 4.72. The number of hydrogen-bond acceptors (Lipinski definition) is 3. The van der Waals surface area contributed by atoms with Gasteiger partial charge < -0.3 is 14.8 Å². The first-order valence-electron chi connectivity index (χ1n) is 8.92. The molecule has 6 rings (SSSR count). The van der Waals surface area contributed by atoms with Crippen LogP contribution in [0.4, 0.5) is 0 Å². The molecule has 0 aliphatic carbocycles. The summed E-state index contributed by atoms with van der Waals surface area (Å²) in [6, 6.07) is 8.66. The molecule has 1 aromatic carbocycles. The fraction of sp³-hybridized carbons (Fsp3) is 0.500. The molecule has 4 aliphatic heterocycles. The maximum Gasteiger partial charge on any atom is 0.161 e. The molecule has 24 heavy (non-hydrogen) atoms. The van der Waals surface area contributed by atoms with Gasteiger partial charge in [0, 0.05) is 49.5 Å². The lowest BCUT2D eigenvalue weighted by molar-refractivity contribution is -0.222. The minimum absolute atomic E-state index is 0.194. The first-order chi connectivity index (χ1) is 11.6. The second-order valence-corrected chi connectivity index (χ2v) is 7.64. The summed E-state index contributed by atoms with van der Waals surface area (Å²) in [7, 11) is 2.07. The number of benzene rings is 1. The van der Waals surface area contributed by atoms with Crippen LogP contribution in [-0.4, -0.2) is 38.9 Å². The molecule has 4 aliphatic rings. The van der Waals surface area contributed by atoms with Crippen LogP contribution in [-0.2, 0) is 19.2 Å². The Morgan fingerprint density at radius 2 is 2.12 bits per heavy atom. The van der Waals surface area contributed by atoms with E-state index in [4.69, 9.17) is 0 Å². The Morgan fingerprint density at radius 1 is 1.33 bits per heavy atom. The molecule has 4 bridgehead atoms. The zero-order chi connectivity index (χ0) is 16.6. The third kappa shape index (κ3) is 1.55. The van der Waals surface area contributed by atoms with E-state index < -0.39 is 5.72 Å². The van der Waals surface area contributed by atoms with Crippen LogP contribution in [0.15, 0.2) is 35.9 Å². The van der Waals surface area contributed by atoms with E-state index in [2.05, 4.69) is 53.8 Å². The number of nitrogens with zero attached hydrogens (tertiary/aromatic N) is 2. The van der Waals surface area contributed by atoms with Crippen LogP contribution >= 0.6 is 0 Å². The number of hydrogen-bond donors (Lipinski definition) is 2. The van der Waals surface area contributed by atoms with Crippen molar-refractivity contribution in [2.24, 2.45) is 18.9 Å². The number of fused-ring (bicyclic) bond motifs is 4. The molecule has 4 heteroatoms. The summed E-state index contributed by atoms with van der Waals surface area (Å²) in [5.74, 6) is 0.503. The summed E-state index contributed by atoms with van der Waals surface area (Å²) in [5.41, 5.74) is 3.99. The fourth-order valence-corrected chi connectivity index (χ4v) is 5.76. The molecule has 2 N–H and O–H groups in total. The van der Waals surface area contributed by atoms with Crippen LogP contribution in [0.5, 0.6) is 0 Å². The van der Waals surface area contributed by atoms with Gasteiger partial charge >= 0.3 is 0 Å². The second-order valence-electron chi connectivity index (χ2n) is 7.64. The van der Waals surface area contributed by atoms with Crippen molar-refractivity contribution in [2.75, 3.05) is 13.2 Å². The molecule has 3 fully saturated rings. The third-order valence-electron chi connectivity index (χ3n) is 6.81. The van der Waals surface area contributed by atoms with Gasteiger partial charge in [-0.25, -0.2) is 0 Å². The number of allylic oxidation sites excluding steroid dienone is 1. The third-order valence-corrected chi connectivity index (χ3v) is 6.81. The maximum absolute atomic E-state index is 11.7. The van der Waals surface area contributed by atoms with Gasteiger partial charge in [0.1, 0.15) is 0 Å². The summed E-state index contributed by atoms with van der Waals surface area (Å²) in [6.45, 7) is 3.09. The van der Waals surface area contributed by atoms with Gasteiger partial charge in [0.25, 0.3) is 0 Å². The molecule has 126 valence electrons. The van der Waals surface area contributed by atoms with E-state index in [1.54, 1.807) is 0 Å². The highest BCUT2D eigenvalue weighted by atomic mass is 16.3. The Balaban J connectivity index is 1.78. The maximum atomic E-state index is 11.7. The number of aryl methyl sites for hydroxylation is 1. The number of para-hydroxylation sites is 1. The van der Waals surface area contributed by atoms with Crippen LogP contribution in [0.2, 0.25) is 0 Å². The number of aromatic nitrogens is 1. The smallest absolute Gasteiger partial charge is 0.161 e. The zero-order valence-electron chi connectivity index (χ0n) is 14.2. The van der Waals surface area contributed by atoms with Crippen molar-refractivity contribution in [1.29, 1.82) is 0 Å². The van der Waals surface area contributed by atoms with Crippen molar-refractivity contribution in [3.63, 3.8) is 0 Å². The monoisotopic (exact) mass is 324 g/mol. The van der Waals surface area contributed by atoms with Gasteiger partial charge in [-0.1, -0.05) is 29.8 Å². The quantitative estimate of drug-likeness (QED) is 0.790. The van der Waals surface area contributed by atoms with Crippen molar-refractivity contribution in [3.8, 4) is 0 Å². The molecule has 3 saturated heterocycles. The molecule has 4 nitrogen and oxygen atoms in total. The normalized spacial score (nSPS) is 38.8. The van der Waals surface area contributed by atoms with Gasteiger partial charge in [-0.15, -0.1) is 0 Å². The van der Waals surface area contributed by atoms with Crippen molar-refractivity contribution < 1.29 is 10.2 Å². The van der Waals surface area contributed by atoms with E-state index in [-0.39, 0.29) is 24.5 Å². The van der Waals surface area contributed by atoms with Crippen molar-refractivity contribution >= 4 is 10.9 Å². The number of aliphatic hydroxyl groups is 2. The summed E-state index contributed by atoms with van der Waals surface area (Å²) in [6.07, 6.45) is 3.78. The largest absolute Gasteiger partial charge is 0.396 e. The van der Waals surface area contributed by atoms with Gasteiger partial charge in [0.15, 0.2) is 5.72 Å². The molecule has 2 unspecified atom stereocenters. The fourth-order valence-electron chi connectivity index (χ4n) is 5.76. The van der Waals surface area contributed by atoms with Gasteiger partial charge in [-0.2, -0.15) is 0 Å². The minimum Gasteiger partial charge on any atom is -0.396 e. The standard InChI is InChI=1S/C20H24N2O2/c1-3-12-10-22-18-8-14-13-6-4-5-7-17(13)21(2)19(14)20(22,24)9-15(12)16(18)11-23/h3-7,15-16,18,23-24H,8-11H2,1-2H3/b12-3-/t15-,16?,18-,20+/m0/s1. The number of aliphatic hydroxyl groups excluding tert-OH is 1. The molecular formula is C20H24N2O2. The van der Waals surface area contributed by atoms with Gasteiger partial charge in [0.05, 0.1) is 5.69 Å². The Kier molecular flexibility index (Phi) is 2.89. The summed E-state index contributed by atoms with van der Waals surface area (Å²) >= 11 is 0. The lowest BCUT2D eigenvalue weighted by atomic mass is 9.62. The highest BCUT2D eigenvalue weighted by Gasteiger charge is 2.60. The molecule has 0 amide bonds. The first kappa shape index (κ1) is 14.7. The predicted molar refractivity (Wildman–Crippen MR) is 93.5 cm³/mol. The highest BCUT2D eigenvalue weighted by molar-refractivity contribution is 5.86. The van der Waals surface area contributed by atoms with Crippen LogP contribution in [0.3, 0.4) is 0 Å². The average Bonchev–Trinajstić information content (AvgIpc) is 2.88. The summed E-state index contributed by atoms with van der Waals surface area (Å²) < 4.78 is 2.19. The van der Waals surface area contributed by atoms with Gasteiger partial charge in [-0.3, -0.25) is 4.90 Å². The summed E-state index contributed by atoms with van der Waals surface area (Å²) in [5, 5.41) is 23.0. The highest BCUT2D eigenvalue weighted by Crippen LogP contribution is 2.56. The molecular weight excluding hydrogens is 300 g/mol. The van der Waals surface area contributed by atoms with Crippen LogP contribution in [0.25, 0.3) is 10.9 Å². The first-order valence-corrected chi connectivity index (χ1v) is 8.92. The number of piperidine rings is 3. The molecule has 0 radical (unpaired) electrons. The van der Waals surface area contributed by atoms with Gasteiger partial charge in [-0.05, 0) is 30.9 Å². The Bertz CT molecular complexity index is 868. The van der Waals surface area contributed by atoms with E-state index in [1.165, 1.54) is 22.0 Å². The van der Waals surface area contributed by atoms with E-state index in [0.29, 0.717) is 6.42 Å². The molecule has 1 aromatic heterocycles. The van der Waals surface area contributed by atoms with Crippen LogP contribution in [0, 0.1) is 11.8 Å². The van der Waals surface area contributed by atoms with E-state index >= 15 is 0 Å². The Morgan fingerprint density at radius 3 is 2.88 bits per heavy atom. The van der Waals surface area contributed by atoms with E-state index in [9.17, 15) is 10.2 Å².